The van der Waals surface area contributed by atoms with Gasteiger partial charge in [0.05, 0.1) is 11.8 Å². The molecule has 22 heavy (non-hydrogen) atoms. The average Bonchev–Trinajstić information content (AvgIpc) is 2.44. The molecule has 1 unspecified atom stereocenters. The number of nitrogens with one attached hydrogen (secondary N) is 1. The van der Waals surface area contributed by atoms with Gasteiger partial charge in [-0.15, -0.1) is 0 Å². The van der Waals surface area contributed by atoms with Gasteiger partial charge in [0.15, 0.2) is 5.16 Å². The predicted molar refractivity (Wildman–Crippen MR) is 74.8 cm³/mol. The van der Waals surface area contributed by atoms with Crippen LogP contribution in [-0.4, -0.2) is 27.2 Å². The van der Waals surface area contributed by atoms with Gasteiger partial charge in [0.2, 0.25) is 5.91 Å². The fourth-order valence-corrected chi connectivity index (χ4v) is 1.96. The van der Waals surface area contributed by atoms with E-state index >= 15 is 0 Å². The normalized spacial score (nSPS) is 14.3. The van der Waals surface area contributed by atoms with E-state index in [4.69, 9.17) is 5.26 Å². The zero-order chi connectivity index (χ0) is 17.0. The predicted octanol–water partition coefficient (Wildman–Crippen LogP) is 2.64. The van der Waals surface area contributed by atoms with Crippen molar-refractivity contribution in [1.29, 1.82) is 5.26 Å². The second kappa shape index (κ2) is 6.96. The van der Waals surface area contributed by atoms with E-state index in [0.717, 1.165) is 24.0 Å². The van der Waals surface area contributed by atoms with Gasteiger partial charge in [-0.2, -0.15) is 18.4 Å². The Morgan fingerprint density at radius 2 is 2.14 bits per heavy atom. The summed E-state index contributed by atoms with van der Waals surface area (Å²) in [6.45, 7) is 5.15. The SMILES string of the molecule is CC(C)C(C)(C#N)NC(=O)CSc1nccc(C(F)(F)F)n1. The standard InChI is InChI=1S/C13H15F3N4OS/c1-8(2)12(3,7-17)20-10(21)6-22-11-18-5-4-9(19-11)13(14,15)16/h4-5,8H,6H2,1-3H3,(H,20,21). The van der Waals surface area contributed by atoms with Crippen molar-refractivity contribution in [2.45, 2.75) is 37.6 Å². The third-order valence-electron chi connectivity index (χ3n) is 3.04. The Morgan fingerprint density at radius 1 is 1.50 bits per heavy atom. The van der Waals surface area contributed by atoms with E-state index in [1.165, 1.54) is 0 Å². The maximum Gasteiger partial charge on any atom is 0.433 e. The van der Waals surface area contributed by atoms with E-state index in [2.05, 4.69) is 15.3 Å². The molecule has 0 radical (unpaired) electrons. The monoisotopic (exact) mass is 332 g/mol. The molecule has 0 saturated heterocycles. The van der Waals surface area contributed by atoms with Gasteiger partial charge < -0.3 is 5.32 Å². The Morgan fingerprint density at radius 3 is 2.64 bits per heavy atom. The van der Waals surface area contributed by atoms with Crippen molar-refractivity contribution < 1.29 is 18.0 Å². The summed E-state index contributed by atoms with van der Waals surface area (Å²) in [6, 6.07) is 2.77. The van der Waals surface area contributed by atoms with Crippen LogP contribution in [0.25, 0.3) is 0 Å². The van der Waals surface area contributed by atoms with Gasteiger partial charge in [-0.3, -0.25) is 4.79 Å². The third kappa shape index (κ3) is 4.87. The van der Waals surface area contributed by atoms with E-state index in [-0.39, 0.29) is 16.8 Å². The summed E-state index contributed by atoms with van der Waals surface area (Å²) in [7, 11) is 0. The van der Waals surface area contributed by atoms with Crippen LogP contribution < -0.4 is 5.32 Å². The Bertz CT molecular complexity index is 585. The molecule has 0 aromatic carbocycles. The zero-order valence-corrected chi connectivity index (χ0v) is 13.0. The number of rotatable bonds is 5. The van der Waals surface area contributed by atoms with Crippen LogP contribution in [0.3, 0.4) is 0 Å². The number of hydrogen-bond acceptors (Lipinski definition) is 5. The molecule has 9 heteroatoms. The highest BCUT2D eigenvalue weighted by Crippen LogP contribution is 2.28. The van der Waals surface area contributed by atoms with Crippen LogP contribution in [0, 0.1) is 17.2 Å². The lowest BCUT2D eigenvalue weighted by molar-refractivity contribution is -0.141. The first-order valence-corrected chi connectivity index (χ1v) is 7.32. The number of hydrogen-bond donors (Lipinski definition) is 1. The van der Waals surface area contributed by atoms with Crippen molar-refractivity contribution in [3.8, 4) is 6.07 Å². The molecule has 0 aliphatic rings. The molecule has 1 aromatic rings. The van der Waals surface area contributed by atoms with Crippen molar-refractivity contribution in [1.82, 2.24) is 15.3 Å². The fourth-order valence-electron chi connectivity index (χ4n) is 1.33. The summed E-state index contributed by atoms with van der Waals surface area (Å²) >= 11 is 0.778. The number of alkyl halides is 3. The first kappa shape index (κ1) is 18.2. The number of aromatic nitrogens is 2. The Kier molecular flexibility index (Phi) is 5.77. The lowest BCUT2D eigenvalue weighted by Gasteiger charge is -2.27. The molecule has 1 rings (SSSR count). The molecule has 0 saturated carbocycles. The molecule has 1 aromatic heterocycles. The van der Waals surface area contributed by atoms with Crippen LogP contribution in [0.4, 0.5) is 13.2 Å². The van der Waals surface area contributed by atoms with Gasteiger partial charge >= 0.3 is 6.18 Å². The highest BCUT2D eigenvalue weighted by atomic mass is 32.2. The number of carbonyl (C=O) groups is 1. The molecule has 1 atom stereocenters. The fraction of sp³-hybridized carbons (Fsp3) is 0.538. The molecule has 1 N–H and O–H groups in total. The number of nitrogens with zero attached hydrogens (tertiary/aromatic N) is 3. The molecule has 1 heterocycles. The maximum absolute atomic E-state index is 12.5. The number of nitriles is 1. The zero-order valence-electron chi connectivity index (χ0n) is 12.2. The van der Waals surface area contributed by atoms with E-state index in [0.29, 0.717) is 0 Å². The average molecular weight is 332 g/mol. The van der Waals surface area contributed by atoms with Crippen molar-refractivity contribution in [3.63, 3.8) is 0 Å². The van der Waals surface area contributed by atoms with E-state index in [1.807, 2.05) is 6.07 Å². The highest BCUT2D eigenvalue weighted by molar-refractivity contribution is 7.99. The van der Waals surface area contributed by atoms with Gasteiger partial charge in [0, 0.05) is 6.20 Å². The molecule has 1 amide bonds. The van der Waals surface area contributed by atoms with Gasteiger partial charge in [-0.05, 0) is 18.9 Å². The van der Waals surface area contributed by atoms with E-state index in [9.17, 15) is 18.0 Å². The van der Waals surface area contributed by atoms with Crippen molar-refractivity contribution in [2.75, 3.05) is 5.75 Å². The lowest BCUT2D eigenvalue weighted by atomic mass is 9.90. The number of carbonyl (C=O) groups excluding carboxylic acids is 1. The van der Waals surface area contributed by atoms with Gasteiger partial charge in [0.1, 0.15) is 11.2 Å². The molecule has 0 bridgehead atoms. The summed E-state index contributed by atoms with van der Waals surface area (Å²) in [5.74, 6) is -0.759. The van der Waals surface area contributed by atoms with Crippen LogP contribution in [0.5, 0.6) is 0 Å². The largest absolute Gasteiger partial charge is 0.433 e. The molecular weight excluding hydrogens is 317 g/mol. The molecule has 0 spiro atoms. The minimum Gasteiger partial charge on any atom is -0.337 e. The quantitative estimate of drug-likeness (QED) is 0.662. The number of amides is 1. The molecule has 5 nitrogen and oxygen atoms in total. The van der Waals surface area contributed by atoms with Crippen LogP contribution in [0.15, 0.2) is 17.4 Å². The summed E-state index contributed by atoms with van der Waals surface area (Å²) in [6.07, 6.45) is -3.57. The summed E-state index contributed by atoms with van der Waals surface area (Å²) in [4.78, 5) is 18.8. The van der Waals surface area contributed by atoms with E-state index < -0.39 is 23.3 Å². The second-order valence-corrected chi connectivity index (χ2v) is 5.97. The lowest BCUT2D eigenvalue weighted by Crippen LogP contribution is -2.49. The van der Waals surface area contributed by atoms with Crippen molar-refractivity contribution >= 4 is 17.7 Å². The minimum atomic E-state index is -4.56. The first-order valence-electron chi connectivity index (χ1n) is 6.34. The summed E-state index contributed by atoms with van der Waals surface area (Å²) < 4.78 is 37.5. The topological polar surface area (TPSA) is 78.7 Å². The second-order valence-electron chi connectivity index (χ2n) is 5.03. The molecule has 120 valence electrons. The van der Waals surface area contributed by atoms with Crippen LogP contribution >= 0.6 is 11.8 Å². The Labute approximate surface area is 130 Å². The summed E-state index contributed by atoms with van der Waals surface area (Å²) in [5.41, 5.74) is -2.10. The Balaban J connectivity index is 2.68. The van der Waals surface area contributed by atoms with Crippen molar-refractivity contribution in [2.24, 2.45) is 5.92 Å². The van der Waals surface area contributed by atoms with Crippen molar-refractivity contribution in [3.05, 3.63) is 18.0 Å². The smallest absolute Gasteiger partial charge is 0.337 e. The van der Waals surface area contributed by atoms with Gasteiger partial charge in [-0.1, -0.05) is 25.6 Å². The van der Waals surface area contributed by atoms with Crippen LogP contribution in [0.1, 0.15) is 26.5 Å². The number of halogens is 3. The summed E-state index contributed by atoms with van der Waals surface area (Å²) in [5, 5.41) is 11.5. The molecule has 0 aliphatic carbocycles. The van der Waals surface area contributed by atoms with E-state index in [1.54, 1.807) is 20.8 Å². The maximum atomic E-state index is 12.5. The first-order chi connectivity index (χ1) is 10.1. The van der Waals surface area contributed by atoms with Gasteiger partial charge in [-0.25, -0.2) is 9.97 Å². The van der Waals surface area contributed by atoms with Crippen LogP contribution in [-0.2, 0) is 11.0 Å². The van der Waals surface area contributed by atoms with Gasteiger partial charge in [0.25, 0.3) is 0 Å². The third-order valence-corrected chi connectivity index (χ3v) is 3.90. The Hall–Kier alpha value is -1.82. The molecular formula is C13H15F3N4OS. The molecule has 0 fully saturated rings. The van der Waals surface area contributed by atoms with Crippen LogP contribution in [0.2, 0.25) is 0 Å². The highest BCUT2D eigenvalue weighted by Gasteiger charge is 2.33. The number of thioether (sulfide) groups is 1. The minimum absolute atomic E-state index is 0.115. The molecule has 0 aliphatic heterocycles.